The minimum Gasteiger partial charge on any atom is -0.508 e. The second kappa shape index (κ2) is 34.6. The minimum atomic E-state index is -1.68. The number of phenolic OH excluding ortho intramolecular Hbond substituents is 1. The van der Waals surface area contributed by atoms with E-state index in [1.807, 2.05) is 6.92 Å². The van der Waals surface area contributed by atoms with Gasteiger partial charge >= 0.3 is 0 Å². The molecule has 3 aliphatic heterocycles. The number of aromatic hydroxyl groups is 1. The van der Waals surface area contributed by atoms with Crippen molar-refractivity contribution >= 4 is 70.9 Å². The van der Waals surface area contributed by atoms with Crippen LogP contribution in [0.4, 0.5) is 0 Å². The molecule has 90 heavy (non-hydrogen) atoms. The van der Waals surface area contributed by atoms with Crippen LogP contribution in [-0.2, 0) is 72.0 Å². The summed E-state index contributed by atoms with van der Waals surface area (Å²) in [4.78, 5) is 167. The largest absolute Gasteiger partial charge is 0.508 e. The highest BCUT2D eigenvalue weighted by molar-refractivity contribution is 6.00. The van der Waals surface area contributed by atoms with Crippen molar-refractivity contribution in [2.45, 2.75) is 172 Å². The zero-order valence-electron chi connectivity index (χ0n) is 51.7. The molecule has 0 radical (unpaired) electrons. The number of rotatable bonds is 18. The first-order chi connectivity index (χ1) is 43.1. The molecule has 11 amide bonds. The molecule has 3 aromatic rings. The molecule has 6 rings (SSSR count). The maximum Gasteiger partial charge on any atom is 0.246 e. The highest BCUT2D eigenvalue weighted by atomic mass is 16.3. The van der Waals surface area contributed by atoms with E-state index in [4.69, 9.17) is 17.2 Å². The molecule has 0 bridgehead atoms. The Morgan fingerprint density at radius 3 is 1.57 bits per heavy atom. The number of aliphatic imine (C=N–C) groups is 1. The minimum absolute atomic E-state index is 0.00319. The third-order valence-corrected chi connectivity index (χ3v) is 16.0. The number of amides is 11. The van der Waals surface area contributed by atoms with Crippen LogP contribution in [0.1, 0.15) is 109 Å². The number of fused-ring (bicyclic) bond motifs is 2. The van der Waals surface area contributed by atoms with Crippen molar-refractivity contribution in [2.24, 2.45) is 28.1 Å². The van der Waals surface area contributed by atoms with Gasteiger partial charge in [0, 0.05) is 45.4 Å². The Kier molecular flexibility index (Phi) is 26.9. The van der Waals surface area contributed by atoms with Crippen molar-refractivity contribution in [1.82, 2.24) is 57.7 Å². The summed E-state index contributed by atoms with van der Waals surface area (Å²) in [5.74, 6) is -9.44. The van der Waals surface area contributed by atoms with E-state index in [1.165, 1.54) is 41.0 Å². The molecule has 27 nitrogen and oxygen atoms in total. The van der Waals surface area contributed by atoms with Gasteiger partial charge in [-0.2, -0.15) is 0 Å². The number of carbonyl (C=O) groups excluding carboxylic acids is 11. The smallest absolute Gasteiger partial charge is 0.246 e. The molecule has 0 aliphatic carbocycles. The first-order valence-corrected chi connectivity index (χ1v) is 31.0. The molecular formula is C63H89N15O12. The summed E-state index contributed by atoms with van der Waals surface area (Å²) in [6, 6.07) is 9.92. The first kappa shape index (κ1) is 70.0. The fraction of sp³-hybridized carbons (Fsp3) is 0.524. The van der Waals surface area contributed by atoms with Crippen molar-refractivity contribution in [1.29, 1.82) is 0 Å². The average molecular weight is 1250 g/mol. The molecular weight excluding hydrogens is 1160 g/mol. The summed E-state index contributed by atoms with van der Waals surface area (Å²) in [5, 5.41) is 34.6. The van der Waals surface area contributed by atoms with Crippen LogP contribution in [0.25, 0.3) is 0 Å². The van der Waals surface area contributed by atoms with E-state index < -0.39 is 138 Å². The van der Waals surface area contributed by atoms with Crippen LogP contribution in [0, 0.1) is 5.92 Å². The van der Waals surface area contributed by atoms with Crippen LogP contribution in [0.2, 0.25) is 0 Å². The summed E-state index contributed by atoms with van der Waals surface area (Å²) in [6.07, 6.45) is 1.02. The summed E-state index contributed by atoms with van der Waals surface area (Å²) >= 11 is 0. The van der Waals surface area contributed by atoms with Gasteiger partial charge < -0.3 is 80.0 Å². The summed E-state index contributed by atoms with van der Waals surface area (Å²) in [5.41, 5.74) is 18.9. The Balaban J connectivity index is 1.43. The van der Waals surface area contributed by atoms with Crippen molar-refractivity contribution in [3.63, 3.8) is 0 Å². The number of carbonyl (C=O) groups is 11. The van der Waals surface area contributed by atoms with E-state index in [0.717, 1.165) is 0 Å². The Hall–Kier alpha value is -9.14. The van der Waals surface area contributed by atoms with Crippen molar-refractivity contribution in [3.05, 3.63) is 102 Å². The number of nitrogens with one attached hydrogen (secondary N) is 9. The van der Waals surface area contributed by atoms with E-state index in [1.54, 1.807) is 74.5 Å². The van der Waals surface area contributed by atoms with Gasteiger partial charge in [0.05, 0.1) is 6.42 Å². The van der Waals surface area contributed by atoms with Crippen LogP contribution in [0.5, 0.6) is 5.75 Å². The van der Waals surface area contributed by atoms with Gasteiger partial charge in [0.25, 0.3) is 0 Å². The summed E-state index contributed by atoms with van der Waals surface area (Å²) in [7, 11) is 0. The number of nitrogens with two attached hydrogens (primary N) is 3. The van der Waals surface area contributed by atoms with Crippen LogP contribution in [0.3, 0.4) is 0 Å². The summed E-state index contributed by atoms with van der Waals surface area (Å²) < 4.78 is 0. The second-order valence-electron chi connectivity index (χ2n) is 23.4. The maximum atomic E-state index is 15.1. The number of hydrogen-bond donors (Lipinski definition) is 13. The number of benzene rings is 3. The van der Waals surface area contributed by atoms with Crippen LogP contribution in [0.15, 0.2) is 89.9 Å². The van der Waals surface area contributed by atoms with Gasteiger partial charge in [0.1, 0.15) is 66.2 Å². The lowest BCUT2D eigenvalue weighted by Crippen LogP contribution is -2.62. The second-order valence-corrected chi connectivity index (χ2v) is 23.4. The van der Waals surface area contributed by atoms with Crippen LogP contribution < -0.4 is 65.1 Å². The Bertz CT molecular complexity index is 3000. The normalized spacial score (nSPS) is 24.8. The van der Waals surface area contributed by atoms with Gasteiger partial charge in [0.2, 0.25) is 65.0 Å². The molecule has 3 aromatic carbocycles. The number of nitrogens with zero attached hydrogens (tertiary/aromatic N) is 3. The molecule has 3 aliphatic rings. The molecule has 0 spiro atoms. The number of phenols is 1. The monoisotopic (exact) mass is 1250 g/mol. The van der Waals surface area contributed by atoms with Gasteiger partial charge in [-0.05, 0) is 106 Å². The van der Waals surface area contributed by atoms with E-state index >= 15 is 4.79 Å². The van der Waals surface area contributed by atoms with Crippen molar-refractivity contribution < 1.29 is 57.8 Å². The molecule has 3 saturated heterocycles. The van der Waals surface area contributed by atoms with E-state index in [2.05, 4.69) is 52.8 Å². The molecule has 3 fully saturated rings. The Morgan fingerprint density at radius 1 is 0.567 bits per heavy atom. The molecule has 0 aromatic heterocycles. The predicted molar refractivity (Wildman–Crippen MR) is 334 cm³/mol. The third-order valence-electron chi connectivity index (χ3n) is 16.0. The highest BCUT2D eigenvalue weighted by Gasteiger charge is 2.43. The molecule has 3 heterocycles. The molecule has 16 N–H and O–H groups in total. The Morgan fingerprint density at radius 2 is 1.02 bits per heavy atom. The highest BCUT2D eigenvalue weighted by Crippen LogP contribution is 2.24. The number of hydrogen-bond acceptors (Lipinski definition) is 14. The SMILES string of the molecule is CCCNC(=O)C[C@H]1NC(=O)[C@@H](CCCN=C(N)N)NC(=O)[C@H](Cc2ccccc2)NC(=O)[C@@H]2CCCN2C(=O)[C@@H](Cc2ccccc2)NC(=O)[C@@H]2CCCN2C(=O)[C@H](CCCN)NC(=O)[C@H](C(C)C)NC(=O)[C@H](Cc2ccc(O)cc2)NC(=O)[C@@H](C)NC1=O. The fourth-order valence-electron chi connectivity index (χ4n) is 11.1. The van der Waals surface area contributed by atoms with Gasteiger partial charge in [-0.1, -0.05) is 93.6 Å². The molecule has 0 unspecified atom stereocenters. The van der Waals surface area contributed by atoms with E-state index in [0.29, 0.717) is 36.0 Å². The lowest BCUT2D eigenvalue weighted by atomic mass is 9.99. The van der Waals surface area contributed by atoms with E-state index in [9.17, 15) is 53.1 Å². The lowest BCUT2D eigenvalue weighted by molar-refractivity contribution is -0.145. The predicted octanol–water partition coefficient (Wildman–Crippen LogP) is -1.32. The van der Waals surface area contributed by atoms with Crippen molar-refractivity contribution in [3.8, 4) is 5.75 Å². The summed E-state index contributed by atoms with van der Waals surface area (Å²) in [6.45, 7) is 7.01. The third kappa shape index (κ3) is 20.7. The van der Waals surface area contributed by atoms with E-state index in [-0.39, 0.29) is 102 Å². The van der Waals surface area contributed by atoms with Gasteiger partial charge in [-0.15, -0.1) is 0 Å². The standard InChI is InChI=1S/C63H89N15O12/c1-5-29-67-51(80)36-47-55(83)69-38(4)53(81)72-46(34-41-24-26-42(79)27-25-41)57(85)76-52(37(2)3)60(88)71-44(20-12-28-64)61(89)77-31-14-23-50(77)59(87)75-48(35-40-18-10-7-11-19-40)62(90)78-32-15-22-49(78)58(86)74-45(33-39-16-8-6-9-17-39)56(84)70-43(54(82)73-47)21-13-30-68-63(65)66/h6-11,16-19,24-27,37-38,43-50,52,79H,5,12-15,20-23,28-36,64H2,1-4H3,(H,67,80)(H,69,83)(H,70,84)(H,71,88)(H,72,81)(H,73,82)(H,74,86)(H,75,87)(H,76,85)(H4,65,66,68)/t38-,43-,44+,45+,46+,47-,48-,49+,50+,52+/m1/s1. The van der Waals surface area contributed by atoms with Crippen LogP contribution in [-0.4, -0.2) is 179 Å². The molecule has 488 valence electrons. The zero-order chi connectivity index (χ0) is 65.4. The Labute approximate surface area is 524 Å². The number of guanidine groups is 1. The zero-order valence-corrected chi connectivity index (χ0v) is 51.7. The molecule has 27 heteroatoms. The fourth-order valence-corrected chi connectivity index (χ4v) is 11.1. The average Bonchev–Trinajstić information content (AvgIpc) is 3.16. The first-order valence-electron chi connectivity index (χ1n) is 31.0. The van der Waals surface area contributed by atoms with Crippen molar-refractivity contribution in [2.75, 3.05) is 32.7 Å². The quantitative estimate of drug-likeness (QED) is 0.0399. The molecule has 10 atom stereocenters. The topological polar surface area (TPSA) is 413 Å². The van der Waals surface area contributed by atoms with Gasteiger partial charge in [0.15, 0.2) is 5.96 Å². The van der Waals surface area contributed by atoms with Crippen LogP contribution >= 0.6 is 0 Å². The lowest BCUT2D eigenvalue weighted by Gasteiger charge is -2.33. The molecule has 0 saturated carbocycles. The van der Waals surface area contributed by atoms with Gasteiger partial charge in [-0.25, -0.2) is 0 Å². The maximum absolute atomic E-state index is 15.1. The van der Waals surface area contributed by atoms with Gasteiger partial charge in [-0.3, -0.25) is 57.7 Å².